The van der Waals surface area contributed by atoms with Crippen LogP contribution in [0.15, 0.2) is 18.6 Å². The molecule has 0 aromatic carbocycles. The largest absolute Gasteiger partial charge is 0.355 e. The van der Waals surface area contributed by atoms with E-state index in [1.54, 1.807) is 12.4 Å². The number of anilines is 1. The van der Waals surface area contributed by atoms with Crippen LogP contribution in [0, 0.1) is 17.8 Å². The van der Waals surface area contributed by atoms with Crippen LogP contribution in [0.3, 0.4) is 0 Å². The summed E-state index contributed by atoms with van der Waals surface area (Å²) in [6.45, 7) is 3.97. The van der Waals surface area contributed by atoms with Gasteiger partial charge in [-0.2, -0.15) is 0 Å². The number of hydrogen-bond donors (Lipinski definition) is 0. The number of aromatic nitrogens is 2. The number of hydrogen-bond acceptors (Lipinski definition) is 4. The molecule has 0 N–H and O–H groups in total. The van der Waals surface area contributed by atoms with Gasteiger partial charge < -0.3 is 9.80 Å². The fourth-order valence-electron chi connectivity index (χ4n) is 4.62. The van der Waals surface area contributed by atoms with Crippen molar-refractivity contribution in [2.24, 2.45) is 17.8 Å². The highest BCUT2D eigenvalue weighted by Crippen LogP contribution is 2.35. The Bertz CT molecular complexity index is 543. The van der Waals surface area contributed by atoms with Crippen LogP contribution in [0.5, 0.6) is 0 Å². The second-order valence-electron chi connectivity index (χ2n) is 7.40. The second kappa shape index (κ2) is 6.46. The molecule has 1 saturated carbocycles. The molecule has 0 radical (unpaired) electrons. The van der Waals surface area contributed by atoms with Gasteiger partial charge in [-0.25, -0.2) is 4.98 Å². The lowest BCUT2D eigenvalue weighted by molar-refractivity contribution is -0.135. The number of carbonyl (C=O) groups excluding carboxylic acids is 1. The van der Waals surface area contributed by atoms with E-state index in [2.05, 4.69) is 19.8 Å². The minimum atomic E-state index is 0.306. The summed E-state index contributed by atoms with van der Waals surface area (Å²) in [6, 6.07) is 0. The first-order valence-electron chi connectivity index (χ1n) is 9.11. The summed E-state index contributed by atoms with van der Waals surface area (Å²) in [5, 5.41) is 0. The zero-order chi connectivity index (χ0) is 15.6. The van der Waals surface area contributed by atoms with Crippen molar-refractivity contribution in [3.05, 3.63) is 18.6 Å². The average molecular weight is 314 g/mol. The third-order valence-corrected chi connectivity index (χ3v) is 5.94. The van der Waals surface area contributed by atoms with Gasteiger partial charge in [-0.1, -0.05) is 19.3 Å². The van der Waals surface area contributed by atoms with E-state index in [0.717, 1.165) is 51.3 Å². The topological polar surface area (TPSA) is 49.3 Å². The summed E-state index contributed by atoms with van der Waals surface area (Å²) in [5.41, 5.74) is 0. The van der Waals surface area contributed by atoms with Gasteiger partial charge in [0.05, 0.1) is 6.20 Å². The predicted molar refractivity (Wildman–Crippen MR) is 89.0 cm³/mol. The molecule has 2 saturated heterocycles. The maximum absolute atomic E-state index is 12.8. The highest BCUT2D eigenvalue weighted by molar-refractivity contribution is 5.79. The zero-order valence-corrected chi connectivity index (χ0v) is 13.7. The molecule has 0 unspecified atom stereocenters. The number of fused-ring (bicyclic) bond motifs is 1. The van der Waals surface area contributed by atoms with Gasteiger partial charge in [0.15, 0.2) is 0 Å². The summed E-state index contributed by atoms with van der Waals surface area (Å²) < 4.78 is 0. The number of amides is 1. The number of nitrogens with zero attached hydrogens (tertiary/aromatic N) is 4. The molecule has 1 aromatic rings. The van der Waals surface area contributed by atoms with E-state index in [-0.39, 0.29) is 0 Å². The predicted octanol–water partition coefficient (Wildman–Crippen LogP) is 2.34. The summed E-state index contributed by atoms with van der Waals surface area (Å²) in [6.07, 6.45) is 12.5. The van der Waals surface area contributed by atoms with E-state index < -0.39 is 0 Å². The Labute approximate surface area is 138 Å². The lowest BCUT2D eigenvalue weighted by Crippen LogP contribution is -2.40. The lowest BCUT2D eigenvalue weighted by atomic mass is 9.88. The van der Waals surface area contributed by atoms with Crippen LogP contribution < -0.4 is 4.90 Å². The maximum atomic E-state index is 12.8. The molecule has 2 aliphatic heterocycles. The monoisotopic (exact) mass is 314 g/mol. The van der Waals surface area contributed by atoms with E-state index in [9.17, 15) is 4.79 Å². The lowest BCUT2D eigenvalue weighted by Gasteiger charge is -2.34. The Kier molecular flexibility index (Phi) is 4.19. The number of likely N-dealkylation sites (tertiary alicyclic amines) is 1. The molecule has 1 aromatic heterocycles. The molecular formula is C18H26N4O. The van der Waals surface area contributed by atoms with Crippen LogP contribution in [0.1, 0.15) is 38.5 Å². The number of piperidine rings is 1. The molecular weight excluding hydrogens is 288 g/mol. The minimum absolute atomic E-state index is 0.306. The van der Waals surface area contributed by atoms with Crippen molar-refractivity contribution in [3.8, 4) is 0 Å². The maximum Gasteiger partial charge on any atom is 0.225 e. The van der Waals surface area contributed by atoms with Gasteiger partial charge in [0.2, 0.25) is 5.91 Å². The Hall–Kier alpha value is -1.65. The molecule has 23 heavy (non-hydrogen) atoms. The third kappa shape index (κ3) is 3.06. The third-order valence-electron chi connectivity index (χ3n) is 5.94. The first-order chi connectivity index (χ1) is 11.3. The van der Waals surface area contributed by atoms with Crippen molar-refractivity contribution in [1.82, 2.24) is 14.9 Å². The van der Waals surface area contributed by atoms with Crippen LogP contribution in [0.25, 0.3) is 0 Å². The van der Waals surface area contributed by atoms with E-state index >= 15 is 0 Å². The molecule has 1 aliphatic carbocycles. The van der Waals surface area contributed by atoms with E-state index in [0.29, 0.717) is 23.7 Å². The SMILES string of the molecule is O=C(C1CCCCC1)N1C[C@H]2CCN(c3cnccn3)C[C@H]2C1. The number of carbonyl (C=O) groups is 1. The molecule has 1 amide bonds. The molecule has 3 heterocycles. The van der Waals surface area contributed by atoms with Crippen molar-refractivity contribution in [2.75, 3.05) is 31.1 Å². The molecule has 124 valence electrons. The molecule has 5 heteroatoms. The van der Waals surface area contributed by atoms with Crippen molar-refractivity contribution in [3.63, 3.8) is 0 Å². The van der Waals surface area contributed by atoms with Gasteiger partial charge >= 0.3 is 0 Å². The van der Waals surface area contributed by atoms with Crippen LogP contribution in [0.4, 0.5) is 5.82 Å². The molecule has 3 fully saturated rings. The summed E-state index contributed by atoms with van der Waals surface area (Å²) in [4.78, 5) is 25.9. The molecule has 0 bridgehead atoms. The quantitative estimate of drug-likeness (QED) is 0.841. The van der Waals surface area contributed by atoms with Gasteiger partial charge in [-0.05, 0) is 31.1 Å². The van der Waals surface area contributed by atoms with Crippen molar-refractivity contribution >= 4 is 11.7 Å². The van der Waals surface area contributed by atoms with Gasteiger partial charge in [-0.15, -0.1) is 0 Å². The standard InChI is InChI=1S/C18H26N4O/c23-18(14-4-2-1-3-5-14)22-11-15-6-9-21(12-16(15)13-22)17-10-19-7-8-20-17/h7-8,10,14-16H,1-6,9,11-13H2/t15-,16+/m1/s1. The first kappa shape index (κ1) is 14.9. The highest BCUT2D eigenvalue weighted by atomic mass is 16.2. The van der Waals surface area contributed by atoms with Gasteiger partial charge in [0, 0.05) is 44.5 Å². The normalized spacial score (nSPS) is 28.7. The van der Waals surface area contributed by atoms with Crippen LogP contribution in [-0.4, -0.2) is 47.0 Å². The fraction of sp³-hybridized carbons (Fsp3) is 0.722. The van der Waals surface area contributed by atoms with Crippen molar-refractivity contribution in [1.29, 1.82) is 0 Å². The Morgan fingerprint density at radius 3 is 2.61 bits per heavy atom. The molecule has 2 atom stereocenters. The summed E-state index contributed by atoms with van der Waals surface area (Å²) in [5.74, 6) is 2.99. The van der Waals surface area contributed by atoms with E-state index in [1.165, 1.54) is 19.3 Å². The summed E-state index contributed by atoms with van der Waals surface area (Å²) in [7, 11) is 0. The Balaban J connectivity index is 1.38. The fourth-order valence-corrected chi connectivity index (χ4v) is 4.62. The molecule has 0 spiro atoms. The highest BCUT2D eigenvalue weighted by Gasteiger charge is 2.40. The van der Waals surface area contributed by atoms with Crippen LogP contribution >= 0.6 is 0 Å². The van der Waals surface area contributed by atoms with Gasteiger partial charge in [-0.3, -0.25) is 9.78 Å². The van der Waals surface area contributed by atoms with Crippen LogP contribution in [-0.2, 0) is 4.79 Å². The smallest absolute Gasteiger partial charge is 0.225 e. The molecule has 4 rings (SSSR count). The van der Waals surface area contributed by atoms with Gasteiger partial charge in [0.1, 0.15) is 5.82 Å². The summed E-state index contributed by atoms with van der Waals surface area (Å²) >= 11 is 0. The van der Waals surface area contributed by atoms with Crippen LogP contribution in [0.2, 0.25) is 0 Å². The second-order valence-corrected chi connectivity index (χ2v) is 7.40. The molecule has 5 nitrogen and oxygen atoms in total. The van der Waals surface area contributed by atoms with Gasteiger partial charge in [0.25, 0.3) is 0 Å². The Morgan fingerprint density at radius 2 is 1.83 bits per heavy atom. The minimum Gasteiger partial charge on any atom is -0.355 e. The Morgan fingerprint density at radius 1 is 1.00 bits per heavy atom. The zero-order valence-electron chi connectivity index (χ0n) is 13.7. The first-order valence-corrected chi connectivity index (χ1v) is 9.11. The average Bonchev–Trinajstić information content (AvgIpc) is 3.06. The van der Waals surface area contributed by atoms with E-state index in [1.807, 2.05) is 6.20 Å². The van der Waals surface area contributed by atoms with Crippen molar-refractivity contribution in [2.45, 2.75) is 38.5 Å². The van der Waals surface area contributed by atoms with Crippen molar-refractivity contribution < 1.29 is 4.79 Å². The molecule has 3 aliphatic rings. The number of rotatable bonds is 2. The van der Waals surface area contributed by atoms with E-state index in [4.69, 9.17) is 0 Å².